The third-order valence-electron chi connectivity index (χ3n) is 7.71. The minimum Gasteiger partial charge on any atom is -0.381 e. The van der Waals surface area contributed by atoms with Crippen molar-refractivity contribution in [2.24, 2.45) is 0 Å². The minimum atomic E-state index is -5.20. The average molecular weight is 619 g/mol. The van der Waals surface area contributed by atoms with Gasteiger partial charge in [0, 0.05) is 37.3 Å². The predicted octanol–water partition coefficient (Wildman–Crippen LogP) is 3.36. The number of benzene rings is 2. The van der Waals surface area contributed by atoms with Crippen LogP contribution < -0.4 is 9.34 Å². The standard InChI is InChI=1S/C28H37F2NO8S2/c1-8-27(5,41(34,35)38-25-21(17-36-6)15-19(2)16-22(25)18-37-7)28(29,30)26(3,4)40(32,33)39-31-24-14-13-20-11-9-10-12-23(20)24/h9-12,15-16H,8,13-14,17-18H2,1-7H3/p+1/b31-24+. The summed E-state index contributed by atoms with van der Waals surface area (Å²) >= 11 is 0. The summed E-state index contributed by atoms with van der Waals surface area (Å²) in [7, 11) is -7.53. The molecule has 0 bridgehead atoms. The Morgan fingerprint density at radius 1 is 0.902 bits per heavy atom. The van der Waals surface area contributed by atoms with E-state index in [0.29, 0.717) is 29.7 Å². The third kappa shape index (κ3) is 5.86. The number of halogens is 2. The van der Waals surface area contributed by atoms with Crippen LogP contribution in [0.25, 0.3) is 0 Å². The highest BCUT2D eigenvalue weighted by atomic mass is 32.2. The second kappa shape index (κ2) is 11.9. The van der Waals surface area contributed by atoms with E-state index in [0.717, 1.165) is 37.5 Å². The van der Waals surface area contributed by atoms with Gasteiger partial charge in [0.1, 0.15) is 0 Å². The van der Waals surface area contributed by atoms with E-state index in [4.69, 9.17) is 17.9 Å². The molecule has 41 heavy (non-hydrogen) atoms. The molecule has 9 nitrogen and oxygen atoms in total. The van der Waals surface area contributed by atoms with Crippen molar-refractivity contribution in [2.45, 2.75) is 82.5 Å². The third-order valence-corrected chi connectivity index (χ3v) is 11.6. The Morgan fingerprint density at radius 2 is 1.46 bits per heavy atom. The van der Waals surface area contributed by atoms with Gasteiger partial charge < -0.3 is 13.7 Å². The van der Waals surface area contributed by atoms with Gasteiger partial charge in [-0.3, -0.25) is 0 Å². The lowest BCUT2D eigenvalue weighted by Gasteiger charge is -2.42. The van der Waals surface area contributed by atoms with Crippen LogP contribution in [0.4, 0.5) is 8.78 Å². The van der Waals surface area contributed by atoms with Gasteiger partial charge in [-0.05, 0) is 69.5 Å². The molecule has 0 saturated carbocycles. The van der Waals surface area contributed by atoms with Gasteiger partial charge in [0.25, 0.3) is 5.92 Å². The van der Waals surface area contributed by atoms with Crippen LogP contribution in [0.2, 0.25) is 0 Å². The van der Waals surface area contributed by atoms with Gasteiger partial charge in [-0.2, -0.15) is 16.8 Å². The smallest absolute Gasteiger partial charge is 0.377 e. The monoisotopic (exact) mass is 618 g/mol. The van der Waals surface area contributed by atoms with Crippen molar-refractivity contribution in [1.82, 2.24) is 0 Å². The summed E-state index contributed by atoms with van der Waals surface area (Å²) in [6.07, 6.45) is 0.370. The average Bonchev–Trinajstić information content (AvgIpc) is 3.32. The van der Waals surface area contributed by atoms with Crippen LogP contribution in [0.15, 0.2) is 36.4 Å². The Bertz CT molecular complexity index is 1490. The molecule has 0 aliphatic heterocycles. The predicted molar refractivity (Wildman–Crippen MR) is 150 cm³/mol. The minimum absolute atomic E-state index is 0.0657. The van der Waals surface area contributed by atoms with Crippen LogP contribution in [0, 0.1) is 6.92 Å². The van der Waals surface area contributed by atoms with E-state index in [-0.39, 0.29) is 19.0 Å². The molecule has 0 radical (unpaired) electrons. The molecule has 228 valence electrons. The summed E-state index contributed by atoms with van der Waals surface area (Å²) < 4.78 is 102. The molecule has 1 aliphatic carbocycles. The molecule has 0 spiro atoms. The van der Waals surface area contributed by atoms with Gasteiger partial charge in [-0.25, -0.2) is 8.78 Å². The van der Waals surface area contributed by atoms with E-state index in [1.54, 1.807) is 31.2 Å². The second-order valence-electron chi connectivity index (χ2n) is 10.8. The van der Waals surface area contributed by atoms with E-state index < -0.39 is 42.1 Å². The highest BCUT2D eigenvalue weighted by Gasteiger charge is 2.72. The van der Waals surface area contributed by atoms with Crippen LogP contribution >= 0.6 is 0 Å². The Balaban J connectivity index is 2.03. The Morgan fingerprint density at radius 3 is 2.00 bits per heavy atom. The molecule has 1 aliphatic rings. The Hall–Kier alpha value is -2.61. The lowest BCUT2D eigenvalue weighted by molar-refractivity contribution is -0.705. The molecule has 0 saturated heterocycles. The molecule has 0 aromatic heterocycles. The molecule has 3 rings (SSSR count). The first kappa shape index (κ1) is 32.9. The summed E-state index contributed by atoms with van der Waals surface area (Å²) in [6, 6.07) is 10.5. The summed E-state index contributed by atoms with van der Waals surface area (Å²) in [5.74, 6) is -4.61. The van der Waals surface area contributed by atoms with Crippen molar-refractivity contribution in [3.05, 3.63) is 64.2 Å². The molecule has 1 N–H and O–H groups in total. The number of aryl methyl sites for hydroxylation is 2. The number of alkyl halides is 2. The maximum Gasteiger partial charge on any atom is 0.377 e. The van der Waals surface area contributed by atoms with Crippen molar-refractivity contribution < 1.29 is 48.7 Å². The first-order valence-electron chi connectivity index (χ1n) is 13.0. The maximum absolute atomic E-state index is 16.4. The van der Waals surface area contributed by atoms with Gasteiger partial charge in [0.2, 0.25) is 5.71 Å². The lowest BCUT2D eigenvalue weighted by Crippen LogP contribution is -2.76. The molecule has 13 heteroatoms. The first-order chi connectivity index (χ1) is 19.0. The Labute approximate surface area is 241 Å². The SMILES string of the molecule is CCC(C)(C(F)(F)C(C)(C)S(=O)(=O)O/[NH+]=C1\CCc2ccccc21)S(=O)(=O)Oc1c(COC)cc(C)cc1COC. The fourth-order valence-corrected chi connectivity index (χ4v) is 7.42. The molecule has 0 heterocycles. The van der Waals surface area contributed by atoms with Crippen molar-refractivity contribution in [3.8, 4) is 5.75 Å². The number of nitrogens with one attached hydrogen (secondary N) is 1. The van der Waals surface area contributed by atoms with Crippen LogP contribution in [0.1, 0.15) is 68.4 Å². The van der Waals surface area contributed by atoms with E-state index in [2.05, 4.69) is 5.16 Å². The fourth-order valence-electron chi connectivity index (χ4n) is 4.85. The zero-order valence-electron chi connectivity index (χ0n) is 24.3. The first-order valence-corrected chi connectivity index (χ1v) is 15.9. The largest absolute Gasteiger partial charge is 0.381 e. The van der Waals surface area contributed by atoms with Crippen molar-refractivity contribution in [3.63, 3.8) is 0 Å². The molecule has 1 atom stereocenters. The molecular weight excluding hydrogens is 580 g/mol. The highest BCUT2D eigenvalue weighted by Crippen LogP contribution is 2.49. The van der Waals surface area contributed by atoms with Crippen LogP contribution in [0.3, 0.4) is 0 Å². The quantitative estimate of drug-likeness (QED) is 0.268. The Kier molecular flexibility index (Phi) is 9.58. The molecule has 0 amide bonds. The van der Waals surface area contributed by atoms with Gasteiger partial charge >= 0.3 is 20.2 Å². The summed E-state index contributed by atoms with van der Waals surface area (Å²) in [5, 5.41) is 2.34. The highest BCUT2D eigenvalue weighted by molar-refractivity contribution is 7.89. The second-order valence-corrected chi connectivity index (χ2v) is 14.8. The normalized spacial score (nSPS) is 16.9. The van der Waals surface area contributed by atoms with Gasteiger partial charge in [-0.15, -0.1) is 4.28 Å². The molecule has 1 unspecified atom stereocenters. The van der Waals surface area contributed by atoms with Gasteiger partial charge in [-0.1, -0.05) is 30.7 Å². The van der Waals surface area contributed by atoms with Crippen LogP contribution in [-0.4, -0.2) is 52.2 Å². The zero-order valence-corrected chi connectivity index (χ0v) is 26.0. The van der Waals surface area contributed by atoms with Gasteiger partial charge in [0.05, 0.1) is 13.2 Å². The number of methoxy groups -OCH3 is 2. The molecular formula is C28H38F2NO8S2+. The van der Waals surface area contributed by atoms with E-state index in [9.17, 15) is 16.8 Å². The maximum atomic E-state index is 16.4. The fraction of sp³-hybridized carbons (Fsp3) is 0.536. The summed E-state index contributed by atoms with van der Waals surface area (Å²) in [5.41, 5.74) is 3.46. The van der Waals surface area contributed by atoms with Crippen molar-refractivity contribution in [2.75, 3.05) is 14.2 Å². The van der Waals surface area contributed by atoms with Crippen molar-refractivity contribution in [1.29, 1.82) is 0 Å². The van der Waals surface area contributed by atoms with Crippen LogP contribution in [0.5, 0.6) is 5.75 Å². The number of ether oxygens (including phenoxy) is 2. The summed E-state index contributed by atoms with van der Waals surface area (Å²) in [6.45, 7) is 5.11. The molecule has 0 fully saturated rings. The number of hydrogen-bond acceptors (Lipinski definition) is 8. The number of fused-ring (bicyclic) bond motifs is 1. The van der Waals surface area contributed by atoms with Crippen molar-refractivity contribution >= 4 is 25.9 Å². The zero-order chi connectivity index (χ0) is 30.9. The summed E-state index contributed by atoms with van der Waals surface area (Å²) in [4.78, 5) is 0. The number of rotatable bonds is 13. The molecule has 2 aromatic carbocycles. The molecule has 2 aromatic rings. The number of hydrogen-bond donors (Lipinski definition) is 1. The van der Waals surface area contributed by atoms with E-state index in [1.165, 1.54) is 21.1 Å². The van der Waals surface area contributed by atoms with Gasteiger partial charge in [0.15, 0.2) is 15.2 Å². The van der Waals surface area contributed by atoms with E-state index in [1.807, 2.05) is 12.1 Å². The van der Waals surface area contributed by atoms with Crippen LogP contribution in [-0.2, 0) is 53.6 Å². The topological polar surface area (TPSA) is 119 Å². The lowest BCUT2D eigenvalue weighted by atomic mass is 9.90. The van der Waals surface area contributed by atoms with E-state index >= 15 is 8.78 Å².